The van der Waals surface area contributed by atoms with Crippen molar-refractivity contribution in [2.24, 2.45) is 0 Å². The van der Waals surface area contributed by atoms with E-state index in [0.717, 1.165) is 17.0 Å². The number of fused-ring (bicyclic) bond motifs is 1. The molecule has 0 aromatic heterocycles. The Kier molecular flexibility index (Phi) is 6.29. The molecule has 2 aromatic carbocycles. The standard InChI is InChI=1S/C22H15B3ClF2N3O4/c23-15-16(24)21(25,19(34)30-17(15)32)31-9-11-7-10(1-6-14(11)18(31)33)8-29-20(35)22(27,28)12-2-4-13(26)5-3-12/h1-7,15-16H,8-9H2,(H,29,35)(H,30,32,34)/t15?,16?,21-/m0/s1. The third kappa shape index (κ3) is 4.13. The quantitative estimate of drug-likeness (QED) is 0.485. The van der Waals surface area contributed by atoms with Gasteiger partial charge in [-0.25, -0.2) is 0 Å². The number of nitrogens with zero attached hydrogens (tertiary/aromatic N) is 1. The minimum absolute atomic E-state index is 0.143. The molecule has 2 unspecified atom stereocenters. The highest BCUT2D eigenvalue weighted by Gasteiger charge is 2.53. The molecule has 2 aromatic rings. The van der Waals surface area contributed by atoms with Gasteiger partial charge in [0, 0.05) is 29.2 Å². The van der Waals surface area contributed by atoms with Crippen LogP contribution in [0.5, 0.6) is 0 Å². The lowest BCUT2D eigenvalue weighted by Crippen LogP contribution is -2.67. The fraction of sp³-hybridized carbons (Fsp3) is 0.273. The summed E-state index contributed by atoms with van der Waals surface area (Å²) >= 11 is 5.71. The molecule has 1 fully saturated rings. The van der Waals surface area contributed by atoms with Gasteiger partial charge in [0.25, 0.3) is 11.8 Å². The maximum absolute atomic E-state index is 14.5. The van der Waals surface area contributed by atoms with Gasteiger partial charge in [0.15, 0.2) is 0 Å². The van der Waals surface area contributed by atoms with Crippen LogP contribution in [0, 0.1) is 0 Å². The minimum Gasteiger partial charge on any atom is -0.346 e. The zero-order valence-corrected chi connectivity index (χ0v) is 18.8. The van der Waals surface area contributed by atoms with E-state index in [9.17, 15) is 28.0 Å². The first-order valence-electron chi connectivity index (χ1n) is 10.4. The Hall–Kier alpha value is -3.14. The van der Waals surface area contributed by atoms with Crippen LogP contribution < -0.4 is 10.6 Å². The number of amides is 4. The van der Waals surface area contributed by atoms with Crippen LogP contribution in [-0.4, -0.2) is 57.5 Å². The molecule has 172 valence electrons. The molecule has 0 saturated carbocycles. The Bertz CT molecular complexity index is 1250. The molecular weight excluding hydrogens is 476 g/mol. The van der Waals surface area contributed by atoms with Crippen LogP contribution in [0.2, 0.25) is 16.7 Å². The van der Waals surface area contributed by atoms with E-state index >= 15 is 0 Å². The molecule has 35 heavy (non-hydrogen) atoms. The van der Waals surface area contributed by atoms with Crippen LogP contribution in [0.3, 0.4) is 0 Å². The fourth-order valence-corrected chi connectivity index (χ4v) is 4.18. The number of halogens is 3. The highest BCUT2D eigenvalue weighted by Crippen LogP contribution is 2.41. The Labute approximate surface area is 208 Å². The first-order valence-corrected chi connectivity index (χ1v) is 10.8. The van der Waals surface area contributed by atoms with Crippen molar-refractivity contribution in [3.05, 3.63) is 69.7 Å². The van der Waals surface area contributed by atoms with E-state index < -0.39 is 52.2 Å². The summed E-state index contributed by atoms with van der Waals surface area (Å²) in [6.45, 7) is -0.397. The number of carbonyl (C=O) groups is 4. The van der Waals surface area contributed by atoms with Crippen LogP contribution in [-0.2, 0) is 33.4 Å². The van der Waals surface area contributed by atoms with E-state index in [2.05, 4.69) is 5.32 Å². The molecule has 7 nitrogen and oxygen atoms in total. The molecule has 2 heterocycles. The van der Waals surface area contributed by atoms with Crippen LogP contribution in [0.4, 0.5) is 8.78 Å². The van der Waals surface area contributed by atoms with E-state index in [0.29, 0.717) is 11.1 Å². The number of nitrogens with one attached hydrogen (secondary N) is 2. The maximum Gasteiger partial charge on any atom is 0.349 e. The van der Waals surface area contributed by atoms with E-state index in [1.54, 1.807) is 0 Å². The first-order chi connectivity index (χ1) is 16.4. The van der Waals surface area contributed by atoms with E-state index in [-0.39, 0.29) is 23.7 Å². The second kappa shape index (κ2) is 8.82. The van der Waals surface area contributed by atoms with Gasteiger partial charge >= 0.3 is 5.92 Å². The van der Waals surface area contributed by atoms with Crippen molar-refractivity contribution in [3.8, 4) is 0 Å². The Balaban J connectivity index is 1.50. The molecule has 4 rings (SSSR count). The lowest BCUT2D eigenvalue weighted by atomic mass is 9.48. The molecule has 2 aliphatic rings. The molecule has 2 N–H and O–H groups in total. The molecule has 0 aliphatic carbocycles. The topological polar surface area (TPSA) is 95.6 Å². The SMILES string of the molecule is [B]C1C(=O)NC(=O)[C@@]([B])(N2Cc3cc(CNC(=O)C(F)(F)c4ccc(Cl)cc4)ccc3C2=O)C1[B]. The predicted octanol–water partition coefficient (Wildman–Crippen LogP) is 1.14. The number of imide groups is 1. The lowest BCUT2D eigenvalue weighted by Gasteiger charge is -2.48. The van der Waals surface area contributed by atoms with Gasteiger partial charge in [0.1, 0.15) is 7.85 Å². The Morgan fingerprint density at radius 1 is 1.17 bits per heavy atom. The molecule has 13 heteroatoms. The summed E-state index contributed by atoms with van der Waals surface area (Å²) in [5, 5.41) is 4.46. The van der Waals surface area contributed by atoms with Crippen LogP contribution >= 0.6 is 11.6 Å². The maximum atomic E-state index is 14.5. The molecule has 3 atom stereocenters. The van der Waals surface area contributed by atoms with Gasteiger partial charge in [0.05, 0.1) is 21.1 Å². The summed E-state index contributed by atoms with van der Waals surface area (Å²) in [5.74, 6) is -10.4. The predicted molar refractivity (Wildman–Crippen MR) is 124 cm³/mol. The van der Waals surface area contributed by atoms with Gasteiger partial charge in [-0.3, -0.25) is 24.5 Å². The number of hydrogen-bond donors (Lipinski definition) is 2. The highest BCUT2D eigenvalue weighted by molar-refractivity contribution is 6.43. The Morgan fingerprint density at radius 3 is 2.49 bits per heavy atom. The van der Waals surface area contributed by atoms with Crippen molar-refractivity contribution in [1.82, 2.24) is 15.5 Å². The number of hydrogen-bond acceptors (Lipinski definition) is 4. The second-order valence-corrected chi connectivity index (χ2v) is 8.78. The molecule has 1 saturated heterocycles. The van der Waals surface area contributed by atoms with E-state index in [4.69, 9.17) is 35.1 Å². The largest absolute Gasteiger partial charge is 0.349 e. The van der Waals surface area contributed by atoms with Gasteiger partial charge in [-0.2, -0.15) is 8.78 Å². The van der Waals surface area contributed by atoms with E-state index in [1.807, 2.05) is 5.32 Å². The number of carbonyl (C=O) groups excluding carboxylic acids is 4. The minimum atomic E-state index is -3.79. The van der Waals surface area contributed by atoms with Gasteiger partial charge in [-0.05, 0) is 35.1 Å². The van der Waals surface area contributed by atoms with Crippen LogP contribution in [0.25, 0.3) is 0 Å². The molecule has 0 spiro atoms. The monoisotopic (exact) mass is 491 g/mol. The number of alkyl halides is 2. The van der Waals surface area contributed by atoms with Crippen molar-refractivity contribution in [2.45, 2.75) is 36.1 Å². The van der Waals surface area contributed by atoms with Crippen LogP contribution in [0.15, 0.2) is 42.5 Å². The summed E-state index contributed by atoms with van der Waals surface area (Å²) < 4.78 is 29.0. The lowest BCUT2D eigenvalue weighted by molar-refractivity contribution is -0.147. The summed E-state index contributed by atoms with van der Waals surface area (Å²) in [6, 6.07) is 9.06. The summed E-state index contributed by atoms with van der Waals surface area (Å²) in [4.78, 5) is 50.5. The van der Waals surface area contributed by atoms with Gasteiger partial charge in [-0.1, -0.05) is 41.7 Å². The van der Waals surface area contributed by atoms with Crippen LogP contribution in [0.1, 0.15) is 27.0 Å². The summed E-state index contributed by atoms with van der Waals surface area (Å²) in [6.07, 6.45) is 0. The van der Waals surface area contributed by atoms with Crippen molar-refractivity contribution in [1.29, 1.82) is 0 Å². The average molecular weight is 491 g/mol. The molecule has 0 bridgehead atoms. The molecule has 4 amide bonds. The first kappa shape index (κ1) is 25.0. The van der Waals surface area contributed by atoms with Crippen molar-refractivity contribution in [3.63, 3.8) is 0 Å². The van der Waals surface area contributed by atoms with Gasteiger partial charge in [-0.15, -0.1) is 0 Å². The smallest absolute Gasteiger partial charge is 0.346 e. The van der Waals surface area contributed by atoms with Crippen molar-refractivity contribution < 1.29 is 28.0 Å². The highest BCUT2D eigenvalue weighted by atomic mass is 35.5. The molecule has 2 aliphatic heterocycles. The molecular formula is C22H15B3ClF2N3O4. The zero-order valence-electron chi connectivity index (χ0n) is 18.1. The molecule has 6 radical (unpaired) electrons. The number of piperidine rings is 1. The summed E-state index contributed by atoms with van der Waals surface area (Å²) in [7, 11) is 17.9. The third-order valence-electron chi connectivity index (χ3n) is 6.16. The van der Waals surface area contributed by atoms with Crippen molar-refractivity contribution >= 4 is 58.8 Å². The number of rotatable bonds is 5. The van der Waals surface area contributed by atoms with Gasteiger partial charge < -0.3 is 10.2 Å². The van der Waals surface area contributed by atoms with Gasteiger partial charge in [0.2, 0.25) is 11.8 Å². The summed E-state index contributed by atoms with van der Waals surface area (Å²) in [5.41, 5.74) is -1.53. The fourth-order valence-electron chi connectivity index (χ4n) is 4.05. The third-order valence-corrected chi connectivity index (χ3v) is 6.42. The van der Waals surface area contributed by atoms with Crippen molar-refractivity contribution in [2.75, 3.05) is 0 Å². The normalized spacial score (nSPS) is 24.2. The zero-order chi connectivity index (χ0) is 25.7. The average Bonchev–Trinajstić information content (AvgIpc) is 3.16. The number of benzene rings is 2. The Morgan fingerprint density at radius 2 is 1.83 bits per heavy atom. The van der Waals surface area contributed by atoms with E-state index in [1.165, 1.54) is 30.3 Å². The second-order valence-electron chi connectivity index (χ2n) is 8.34.